The van der Waals surface area contributed by atoms with E-state index in [0.29, 0.717) is 6.54 Å². The molecule has 0 amide bonds. The number of hydrogen-bond acceptors (Lipinski definition) is 3. The maximum Gasteiger partial charge on any atom is 0.345 e. The predicted octanol–water partition coefficient (Wildman–Crippen LogP) is 0.283. The van der Waals surface area contributed by atoms with E-state index >= 15 is 0 Å². The second-order valence-corrected chi connectivity index (χ2v) is 2.38. The van der Waals surface area contributed by atoms with Gasteiger partial charge in [-0.25, -0.2) is 9.18 Å². The predicted molar refractivity (Wildman–Crippen MR) is 40.6 cm³/mol. The van der Waals surface area contributed by atoms with Gasteiger partial charge in [-0.2, -0.15) is 0 Å². The third-order valence-electron chi connectivity index (χ3n) is 1.65. The molecule has 0 aromatic heterocycles. The lowest BCUT2D eigenvalue weighted by molar-refractivity contribution is -0.153. The molecule has 1 rings (SSSR count). The first-order valence-corrected chi connectivity index (χ1v) is 3.17. The Hall–Kier alpha value is -0.350. The molecule has 66 valence electrons. The van der Waals surface area contributed by atoms with Crippen molar-refractivity contribution in [3.63, 3.8) is 0 Å². The molecule has 0 radical (unpaired) electrons. The van der Waals surface area contributed by atoms with E-state index < -0.39 is 11.6 Å². The molecule has 0 aromatic rings. The third-order valence-corrected chi connectivity index (χ3v) is 1.65. The lowest BCUT2D eigenvalue weighted by Gasteiger charge is -2.13. The summed E-state index contributed by atoms with van der Waals surface area (Å²) in [5.41, 5.74) is -1.77. The van der Waals surface area contributed by atoms with Crippen molar-refractivity contribution in [3.8, 4) is 0 Å². The van der Waals surface area contributed by atoms with E-state index in [4.69, 9.17) is 0 Å². The zero-order valence-corrected chi connectivity index (χ0v) is 7.04. The van der Waals surface area contributed by atoms with Crippen LogP contribution in [-0.4, -0.2) is 31.8 Å². The molecule has 1 aliphatic heterocycles. The highest BCUT2D eigenvalue weighted by molar-refractivity contribution is 5.85. The molecule has 1 fully saturated rings. The van der Waals surface area contributed by atoms with Gasteiger partial charge in [0.2, 0.25) is 5.67 Å². The summed E-state index contributed by atoms with van der Waals surface area (Å²) >= 11 is 0. The van der Waals surface area contributed by atoms with Crippen molar-refractivity contribution < 1.29 is 13.9 Å². The van der Waals surface area contributed by atoms with Crippen molar-refractivity contribution in [3.05, 3.63) is 0 Å². The fourth-order valence-electron chi connectivity index (χ4n) is 1.02. The molecule has 0 saturated carbocycles. The molecular formula is C6H11ClFNO2. The first kappa shape index (κ1) is 10.7. The molecule has 5 heteroatoms. The number of halogens is 2. The second kappa shape index (κ2) is 3.88. The fourth-order valence-corrected chi connectivity index (χ4v) is 1.02. The number of rotatable bonds is 1. The van der Waals surface area contributed by atoms with Crippen LogP contribution < -0.4 is 5.32 Å². The van der Waals surface area contributed by atoms with Crippen LogP contribution in [0.4, 0.5) is 4.39 Å². The average Bonchev–Trinajstić information content (AvgIpc) is 2.36. The fraction of sp³-hybridized carbons (Fsp3) is 0.833. The van der Waals surface area contributed by atoms with E-state index in [0.717, 1.165) is 0 Å². The Kier molecular flexibility index (Phi) is 3.75. The largest absolute Gasteiger partial charge is 0.467 e. The Balaban J connectivity index is 0.000001000. The number of carbonyl (C=O) groups excluding carboxylic acids is 1. The Morgan fingerprint density at radius 2 is 2.36 bits per heavy atom. The van der Waals surface area contributed by atoms with Crippen LogP contribution in [0.15, 0.2) is 0 Å². The Morgan fingerprint density at radius 1 is 1.73 bits per heavy atom. The smallest absolute Gasteiger partial charge is 0.345 e. The van der Waals surface area contributed by atoms with Gasteiger partial charge in [0.1, 0.15) is 0 Å². The van der Waals surface area contributed by atoms with Crippen molar-refractivity contribution in [1.29, 1.82) is 0 Å². The molecule has 1 N–H and O–H groups in total. The zero-order valence-electron chi connectivity index (χ0n) is 6.22. The number of alkyl halides is 1. The van der Waals surface area contributed by atoms with Gasteiger partial charge in [-0.3, -0.25) is 0 Å². The molecule has 0 spiro atoms. The number of esters is 1. The van der Waals surface area contributed by atoms with Gasteiger partial charge in [-0.15, -0.1) is 12.4 Å². The van der Waals surface area contributed by atoms with Crippen molar-refractivity contribution >= 4 is 18.4 Å². The van der Waals surface area contributed by atoms with E-state index in [1.807, 2.05) is 0 Å². The first-order chi connectivity index (χ1) is 4.69. The second-order valence-electron chi connectivity index (χ2n) is 2.38. The van der Waals surface area contributed by atoms with Gasteiger partial charge in [-0.1, -0.05) is 0 Å². The highest BCUT2D eigenvalue weighted by atomic mass is 35.5. The average molecular weight is 184 g/mol. The van der Waals surface area contributed by atoms with Crippen LogP contribution in [0.3, 0.4) is 0 Å². The SMILES string of the molecule is COC(=O)[C@@]1(F)CCNC1.Cl. The third kappa shape index (κ3) is 2.04. The van der Waals surface area contributed by atoms with E-state index in [-0.39, 0.29) is 25.4 Å². The quantitative estimate of drug-likeness (QED) is 0.594. The van der Waals surface area contributed by atoms with Crippen LogP contribution in [0.2, 0.25) is 0 Å². The summed E-state index contributed by atoms with van der Waals surface area (Å²) in [7, 11) is 1.20. The highest BCUT2D eigenvalue weighted by Crippen LogP contribution is 2.20. The lowest BCUT2D eigenvalue weighted by atomic mass is 10.1. The normalized spacial score (nSPS) is 29.3. The monoisotopic (exact) mass is 183 g/mol. The van der Waals surface area contributed by atoms with Crippen LogP contribution in [-0.2, 0) is 9.53 Å². The van der Waals surface area contributed by atoms with Crippen molar-refractivity contribution in [2.45, 2.75) is 12.1 Å². The molecule has 0 unspecified atom stereocenters. The van der Waals surface area contributed by atoms with Crippen LogP contribution in [0.1, 0.15) is 6.42 Å². The van der Waals surface area contributed by atoms with Gasteiger partial charge >= 0.3 is 5.97 Å². The Morgan fingerprint density at radius 3 is 2.73 bits per heavy atom. The van der Waals surface area contributed by atoms with E-state index in [1.54, 1.807) is 0 Å². The van der Waals surface area contributed by atoms with Crippen LogP contribution in [0, 0.1) is 0 Å². The lowest BCUT2D eigenvalue weighted by Crippen LogP contribution is -2.36. The molecule has 1 aliphatic rings. The van der Waals surface area contributed by atoms with Crippen LogP contribution in [0.5, 0.6) is 0 Å². The van der Waals surface area contributed by atoms with Gasteiger partial charge < -0.3 is 10.1 Å². The minimum absolute atomic E-state index is 0. The summed E-state index contributed by atoms with van der Waals surface area (Å²) in [6, 6.07) is 0. The molecule has 1 saturated heterocycles. The summed E-state index contributed by atoms with van der Waals surface area (Å²) in [6.45, 7) is 0.630. The summed E-state index contributed by atoms with van der Waals surface area (Å²) in [5, 5.41) is 2.75. The van der Waals surface area contributed by atoms with Gasteiger partial charge in [0.15, 0.2) is 0 Å². The van der Waals surface area contributed by atoms with Crippen molar-refractivity contribution in [1.82, 2.24) is 5.32 Å². The number of ether oxygens (including phenoxy) is 1. The number of nitrogens with one attached hydrogen (secondary N) is 1. The van der Waals surface area contributed by atoms with Crippen molar-refractivity contribution in [2.75, 3.05) is 20.2 Å². The number of hydrogen-bond donors (Lipinski definition) is 1. The summed E-state index contributed by atoms with van der Waals surface area (Å²) in [6.07, 6.45) is 0.222. The number of carbonyl (C=O) groups is 1. The molecule has 1 atom stereocenters. The maximum absolute atomic E-state index is 13.2. The van der Waals surface area contributed by atoms with Crippen LogP contribution >= 0.6 is 12.4 Å². The van der Waals surface area contributed by atoms with Gasteiger partial charge in [-0.05, 0) is 6.54 Å². The molecule has 0 aliphatic carbocycles. The molecular weight excluding hydrogens is 173 g/mol. The molecule has 0 bridgehead atoms. The molecule has 3 nitrogen and oxygen atoms in total. The minimum atomic E-state index is -1.77. The van der Waals surface area contributed by atoms with E-state index in [9.17, 15) is 9.18 Å². The van der Waals surface area contributed by atoms with E-state index in [1.165, 1.54) is 7.11 Å². The van der Waals surface area contributed by atoms with Gasteiger partial charge in [0.25, 0.3) is 0 Å². The Bertz CT molecular complexity index is 148. The van der Waals surface area contributed by atoms with E-state index in [2.05, 4.69) is 10.1 Å². The summed E-state index contributed by atoms with van der Waals surface area (Å²) < 4.78 is 17.5. The molecule has 11 heavy (non-hydrogen) atoms. The summed E-state index contributed by atoms with van der Waals surface area (Å²) in [5.74, 6) is -0.766. The zero-order chi connectivity index (χ0) is 7.61. The first-order valence-electron chi connectivity index (χ1n) is 3.17. The van der Waals surface area contributed by atoms with Gasteiger partial charge in [0.05, 0.1) is 7.11 Å². The Labute approximate surface area is 70.7 Å². The van der Waals surface area contributed by atoms with Gasteiger partial charge in [0, 0.05) is 13.0 Å². The van der Waals surface area contributed by atoms with Crippen LogP contribution in [0.25, 0.3) is 0 Å². The standard InChI is InChI=1S/C6H10FNO2.ClH/c1-10-5(9)6(7)2-3-8-4-6;/h8H,2-4H2,1H3;1H/t6-;/m1./s1. The maximum atomic E-state index is 13.2. The molecule has 0 aromatic carbocycles. The van der Waals surface area contributed by atoms with Crippen molar-refractivity contribution in [2.24, 2.45) is 0 Å². The molecule has 1 heterocycles. The topological polar surface area (TPSA) is 38.3 Å². The number of methoxy groups -OCH3 is 1. The summed E-state index contributed by atoms with van der Waals surface area (Å²) in [4.78, 5) is 10.7. The minimum Gasteiger partial charge on any atom is -0.467 e. The highest BCUT2D eigenvalue weighted by Gasteiger charge is 2.42.